The van der Waals surface area contributed by atoms with Crippen molar-refractivity contribution < 1.29 is 41.7 Å². The van der Waals surface area contributed by atoms with E-state index in [1.807, 2.05) is 6.92 Å². The predicted octanol–water partition coefficient (Wildman–Crippen LogP) is 6.46. The van der Waals surface area contributed by atoms with Crippen molar-refractivity contribution in [1.82, 2.24) is 15.5 Å². The van der Waals surface area contributed by atoms with E-state index in [0.717, 1.165) is 6.42 Å². The third-order valence-corrected chi connectivity index (χ3v) is 7.21. The van der Waals surface area contributed by atoms with Crippen LogP contribution in [-0.2, 0) is 23.9 Å². The van der Waals surface area contributed by atoms with Gasteiger partial charge in [0.05, 0.1) is 24.8 Å². The number of ether oxygens (including phenoxy) is 2. The molecule has 1 aliphatic heterocycles. The summed E-state index contributed by atoms with van der Waals surface area (Å²) < 4.78 is 44.5. The summed E-state index contributed by atoms with van der Waals surface area (Å²) in [6, 6.07) is 12.2. The quantitative estimate of drug-likeness (QED) is 0.223. The first-order valence-electron chi connectivity index (χ1n) is 12.8. The number of carbonyl (C=O) groups is 1. The molecule has 218 valence electrons. The molecule has 0 saturated carbocycles. The number of carbonyl (C=O) groups excluding carboxylic acids is 1. The van der Waals surface area contributed by atoms with E-state index < -0.39 is 25.1 Å². The van der Waals surface area contributed by atoms with Gasteiger partial charge in [-0.25, -0.2) is 9.36 Å². The monoisotopic (exact) mass is 605 g/mol. The van der Waals surface area contributed by atoms with Gasteiger partial charge in [0.15, 0.2) is 0 Å². The zero-order chi connectivity index (χ0) is 29.4. The van der Waals surface area contributed by atoms with Crippen molar-refractivity contribution in [2.45, 2.75) is 45.3 Å². The smallest absolute Gasteiger partial charge is 0.472 e. The number of amides is 1. The van der Waals surface area contributed by atoms with Crippen molar-refractivity contribution in [1.29, 1.82) is 0 Å². The lowest BCUT2D eigenvalue weighted by Gasteiger charge is -2.37. The molecule has 0 radical (unpaired) electrons. The Kier molecular flexibility index (Phi) is 7.88. The Hall–Kier alpha value is -3.41. The number of nitrogens with one attached hydrogen (secondary N) is 1. The van der Waals surface area contributed by atoms with Crippen molar-refractivity contribution in [3.8, 4) is 28.6 Å². The SMILES string of the molecule is CCCOc1ccc(-c2nc(-c3ccc4oc(C5(NC(=O)OC(C)(C)C)COP(=O)(O)OC5)cc4c3)no2)cc1Cl. The van der Waals surface area contributed by atoms with Crippen LogP contribution in [-0.4, -0.2) is 46.5 Å². The number of nitrogens with zero attached hydrogens (tertiary/aromatic N) is 2. The number of hydrogen-bond donors (Lipinski definition) is 2. The number of halogens is 1. The molecule has 12 nitrogen and oxygen atoms in total. The van der Waals surface area contributed by atoms with Gasteiger partial charge in [-0.15, -0.1) is 0 Å². The average molecular weight is 606 g/mol. The summed E-state index contributed by atoms with van der Waals surface area (Å²) in [5, 5.41) is 7.88. The summed E-state index contributed by atoms with van der Waals surface area (Å²) in [4.78, 5) is 26.9. The number of aromatic nitrogens is 2. The van der Waals surface area contributed by atoms with E-state index in [2.05, 4.69) is 15.5 Å². The Labute approximate surface area is 240 Å². The van der Waals surface area contributed by atoms with E-state index in [1.165, 1.54) is 0 Å². The second-order valence-corrected chi connectivity index (χ2v) is 12.4. The van der Waals surface area contributed by atoms with E-state index in [4.69, 9.17) is 39.1 Å². The predicted molar refractivity (Wildman–Crippen MR) is 149 cm³/mol. The number of alkyl carbamates (subject to hydrolysis) is 1. The molecular weight excluding hydrogens is 577 g/mol. The Morgan fingerprint density at radius 1 is 1.15 bits per heavy atom. The molecule has 2 aromatic carbocycles. The number of phosphoric ester groups is 1. The van der Waals surface area contributed by atoms with Crippen LogP contribution in [0, 0.1) is 0 Å². The number of hydrogen-bond acceptors (Lipinski definition) is 10. The van der Waals surface area contributed by atoms with E-state index in [9.17, 15) is 14.3 Å². The molecular formula is C27H29ClN3O9P. The van der Waals surface area contributed by atoms with Gasteiger partial charge in [-0.1, -0.05) is 23.7 Å². The number of furan rings is 1. The van der Waals surface area contributed by atoms with Gasteiger partial charge < -0.3 is 28.6 Å². The van der Waals surface area contributed by atoms with Crippen LogP contribution in [0.2, 0.25) is 5.02 Å². The number of fused-ring (bicyclic) bond motifs is 1. The highest BCUT2D eigenvalue weighted by molar-refractivity contribution is 7.47. The van der Waals surface area contributed by atoms with Gasteiger partial charge >= 0.3 is 13.9 Å². The van der Waals surface area contributed by atoms with E-state index in [-0.39, 0.29) is 24.9 Å². The molecule has 1 aliphatic rings. The molecule has 2 N–H and O–H groups in total. The third kappa shape index (κ3) is 6.58. The summed E-state index contributed by atoms with van der Waals surface area (Å²) in [5.74, 6) is 1.43. The average Bonchev–Trinajstić information content (AvgIpc) is 3.56. The highest BCUT2D eigenvalue weighted by Crippen LogP contribution is 2.50. The molecule has 0 bridgehead atoms. The zero-order valence-electron chi connectivity index (χ0n) is 22.8. The first-order valence-corrected chi connectivity index (χ1v) is 14.7. The van der Waals surface area contributed by atoms with E-state index in [1.54, 1.807) is 63.2 Å². The first kappa shape index (κ1) is 29.1. The minimum Gasteiger partial charge on any atom is -0.492 e. The Balaban J connectivity index is 1.42. The summed E-state index contributed by atoms with van der Waals surface area (Å²) >= 11 is 6.35. The summed E-state index contributed by atoms with van der Waals surface area (Å²) in [7, 11) is -4.26. The van der Waals surface area contributed by atoms with Gasteiger partial charge in [0.2, 0.25) is 5.82 Å². The van der Waals surface area contributed by atoms with E-state index >= 15 is 0 Å². The van der Waals surface area contributed by atoms with Gasteiger partial charge in [-0.3, -0.25) is 9.05 Å². The molecule has 4 aromatic rings. The normalized spacial score (nSPS) is 21.1. The molecule has 1 amide bonds. The van der Waals surface area contributed by atoms with Crippen molar-refractivity contribution in [3.63, 3.8) is 0 Å². The maximum Gasteiger partial charge on any atom is 0.472 e. The third-order valence-electron chi connectivity index (χ3n) is 6.00. The standard InChI is InChI=1S/C27H29ClN3O9P/c1-5-10-35-21-9-7-17(12-19(21)28)24-29-23(31-40-24)16-6-8-20-18(11-16)13-22(38-20)27(14-36-41(33,34)37-15-27)30-25(32)39-26(2,3)4/h6-9,11-13H,5,10,14-15H2,1-4H3,(H,30,32)(H,33,34). The lowest BCUT2D eigenvalue weighted by Crippen LogP contribution is -2.54. The van der Waals surface area contributed by atoms with Crippen molar-refractivity contribution in [2.24, 2.45) is 0 Å². The van der Waals surface area contributed by atoms with Crippen LogP contribution >= 0.6 is 19.4 Å². The molecule has 14 heteroatoms. The highest BCUT2D eigenvalue weighted by atomic mass is 35.5. The van der Waals surface area contributed by atoms with Gasteiger partial charge in [0, 0.05) is 16.5 Å². The van der Waals surface area contributed by atoms with Crippen LogP contribution in [0.3, 0.4) is 0 Å². The minimum atomic E-state index is -4.26. The molecule has 41 heavy (non-hydrogen) atoms. The fourth-order valence-electron chi connectivity index (χ4n) is 4.08. The molecule has 2 aromatic heterocycles. The van der Waals surface area contributed by atoms with Crippen LogP contribution in [0.25, 0.3) is 33.8 Å². The van der Waals surface area contributed by atoms with Crippen LogP contribution in [0.15, 0.2) is 51.4 Å². The van der Waals surface area contributed by atoms with E-state index in [0.29, 0.717) is 45.3 Å². The van der Waals surface area contributed by atoms with Crippen molar-refractivity contribution >= 4 is 36.5 Å². The Morgan fingerprint density at radius 2 is 1.88 bits per heavy atom. The summed E-state index contributed by atoms with van der Waals surface area (Å²) in [6.07, 6.45) is 0.0890. The van der Waals surface area contributed by atoms with Crippen molar-refractivity contribution in [2.75, 3.05) is 19.8 Å². The zero-order valence-corrected chi connectivity index (χ0v) is 24.5. The lowest BCUT2D eigenvalue weighted by atomic mass is 9.98. The Morgan fingerprint density at radius 3 is 2.56 bits per heavy atom. The van der Waals surface area contributed by atoms with Gasteiger partial charge in [-0.2, -0.15) is 4.98 Å². The molecule has 0 aliphatic carbocycles. The maximum absolute atomic E-state index is 12.7. The summed E-state index contributed by atoms with van der Waals surface area (Å²) in [5.41, 5.74) is -0.456. The largest absolute Gasteiger partial charge is 0.492 e. The second-order valence-electron chi connectivity index (χ2n) is 10.5. The molecule has 5 rings (SSSR count). The molecule has 0 unspecified atom stereocenters. The minimum absolute atomic E-state index is 0.240. The van der Waals surface area contributed by atoms with Crippen LogP contribution in [0.5, 0.6) is 5.75 Å². The maximum atomic E-state index is 12.7. The van der Waals surface area contributed by atoms with Crippen LogP contribution < -0.4 is 10.1 Å². The second kappa shape index (κ2) is 11.1. The van der Waals surface area contributed by atoms with Gasteiger partial charge in [0.25, 0.3) is 5.89 Å². The fourth-order valence-corrected chi connectivity index (χ4v) is 5.15. The number of rotatable bonds is 7. The molecule has 0 atom stereocenters. The molecule has 0 spiro atoms. The lowest BCUT2D eigenvalue weighted by molar-refractivity contribution is -0.00418. The Bertz CT molecular complexity index is 1620. The van der Waals surface area contributed by atoms with Crippen LogP contribution in [0.1, 0.15) is 39.9 Å². The molecule has 1 fully saturated rings. The van der Waals surface area contributed by atoms with Gasteiger partial charge in [0.1, 0.15) is 28.2 Å². The van der Waals surface area contributed by atoms with Crippen molar-refractivity contribution in [3.05, 3.63) is 53.2 Å². The topological polar surface area (TPSA) is 155 Å². The fraction of sp³-hybridized carbons (Fsp3) is 0.370. The number of benzene rings is 2. The highest BCUT2D eigenvalue weighted by Gasteiger charge is 2.47. The number of phosphoric acid groups is 1. The first-order chi connectivity index (χ1) is 19.4. The van der Waals surface area contributed by atoms with Gasteiger partial charge in [-0.05, 0) is 69.7 Å². The summed E-state index contributed by atoms with van der Waals surface area (Å²) in [6.45, 7) is 6.95. The van der Waals surface area contributed by atoms with Crippen LogP contribution in [0.4, 0.5) is 4.79 Å². The molecule has 3 heterocycles. The molecule has 1 saturated heterocycles.